The lowest BCUT2D eigenvalue weighted by Gasteiger charge is -1.99. The maximum Gasteiger partial charge on any atom is 0.400 e. The van der Waals surface area contributed by atoms with Gasteiger partial charge in [0.15, 0.2) is 0 Å². The van der Waals surface area contributed by atoms with Crippen LogP contribution in [-0.4, -0.2) is 31.6 Å². The number of hydrogen-bond acceptors (Lipinski definition) is 5. The molecule has 0 aliphatic carbocycles. The van der Waals surface area contributed by atoms with Crippen molar-refractivity contribution in [1.82, 2.24) is 9.97 Å². The van der Waals surface area contributed by atoms with Crippen LogP contribution in [0.25, 0.3) is 0 Å². The van der Waals surface area contributed by atoms with Crippen LogP contribution < -0.4 is 0 Å². The fourth-order valence-corrected chi connectivity index (χ4v) is 1.14. The number of nitrogens with zero attached hydrogens (tertiary/aromatic N) is 1. The molecule has 0 radical (unpaired) electrons. The van der Waals surface area contributed by atoms with E-state index in [1.54, 1.807) is 25.6 Å². The van der Waals surface area contributed by atoms with Gasteiger partial charge in [0.2, 0.25) is 0 Å². The smallest absolute Gasteiger partial charge is 0.351 e. The molecule has 6 nitrogen and oxygen atoms in total. The topological polar surface area (TPSA) is 81.3 Å². The molecule has 86 valence electrons. The SMILES string of the molecule is C=CCOS(=O)(=O)OCC.c1c[nH]cn1. The summed E-state index contributed by atoms with van der Waals surface area (Å²) in [6.45, 7) is 4.87. The minimum atomic E-state index is -3.77. The summed E-state index contributed by atoms with van der Waals surface area (Å²) >= 11 is 0. The summed E-state index contributed by atoms with van der Waals surface area (Å²) < 4.78 is 29.5. The van der Waals surface area contributed by atoms with Crippen molar-refractivity contribution in [1.29, 1.82) is 0 Å². The fraction of sp³-hybridized carbons (Fsp3) is 0.375. The first-order valence-electron chi connectivity index (χ1n) is 4.19. The molecule has 1 heterocycles. The molecule has 0 saturated carbocycles. The molecular formula is C8H14N2O4S. The molecule has 1 aromatic rings. The third-order valence-electron chi connectivity index (χ3n) is 0.998. The van der Waals surface area contributed by atoms with Gasteiger partial charge >= 0.3 is 10.4 Å². The Labute approximate surface area is 89.3 Å². The lowest BCUT2D eigenvalue weighted by atomic mass is 10.7. The predicted octanol–water partition coefficient (Wildman–Crippen LogP) is 0.880. The van der Waals surface area contributed by atoms with Crippen LogP contribution in [0.3, 0.4) is 0 Å². The van der Waals surface area contributed by atoms with E-state index in [-0.39, 0.29) is 13.2 Å². The van der Waals surface area contributed by atoms with Crippen molar-refractivity contribution in [3.05, 3.63) is 31.4 Å². The minimum Gasteiger partial charge on any atom is -0.351 e. The van der Waals surface area contributed by atoms with Gasteiger partial charge < -0.3 is 4.98 Å². The van der Waals surface area contributed by atoms with Crippen LogP contribution in [0.4, 0.5) is 0 Å². The Kier molecular flexibility index (Phi) is 7.51. The zero-order valence-electron chi connectivity index (χ0n) is 8.42. The van der Waals surface area contributed by atoms with Crippen molar-refractivity contribution >= 4 is 10.4 Å². The maximum absolute atomic E-state index is 10.5. The Morgan fingerprint density at radius 2 is 2.27 bits per heavy atom. The average molecular weight is 234 g/mol. The molecule has 0 fully saturated rings. The van der Waals surface area contributed by atoms with E-state index in [1.165, 1.54) is 6.08 Å². The van der Waals surface area contributed by atoms with Crippen molar-refractivity contribution in [3.8, 4) is 0 Å². The third kappa shape index (κ3) is 9.13. The first-order chi connectivity index (χ1) is 7.12. The van der Waals surface area contributed by atoms with E-state index in [2.05, 4.69) is 24.9 Å². The molecular weight excluding hydrogens is 220 g/mol. The Hall–Kier alpha value is -1.18. The first-order valence-corrected chi connectivity index (χ1v) is 5.53. The van der Waals surface area contributed by atoms with Gasteiger partial charge in [-0.15, -0.1) is 6.58 Å². The van der Waals surface area contributed by atoms with Crippen molar-refractivity contribution < 1.29 is 16.8 Å². The molecule has 0 atom stereocenters. The van der Waals surface area contributed by atoms with Crippen LogP contribution in [-0.2, 0) is 18.8 Å². The minimum absolute atomic E-state index is 0.0532. The standard InChI is InChI=1S/C5H10O4S.C3H4N2/c1-3-5-9-10(6,7)8-4-2;1-2-5-3-4-1/h3H,1,4-5H2,2H3;1-3H,(H,4,5). The quantitative estimate of drug-likeness (QED) is 0.765. The molecule has 0 saturated heterocycles. The van der Waals surface area contributed by atoms with Gasteiger partial charge in [0.05, 0.1) is 19.5 Å². The highest BCUT2D eigenvalue weighted by Crippen LogP contribution is 1.94. The molecule has 0 bridgehead atoms. The molecule has 1 aromatic heterocycles. The summed E-state index contributed by atoms with van der Waals surface area (Å²) in [4.78, 5) is 6.42. The third-order valence-corrected chi connectivity index (χ3v) is 1.95. The molecule has 0 aliphatic heterocycles. The largest absolute Gasteiger partial charge is 0.400 e. The van der Waals surface area contributed by atoms with E-state index in [1.807, 2.05) is 0 Å². The second kappa shape index (κ2) is 8.16. The van der Waals surface area contributed by atoms with E-state index in [0.29, 0.717) is 0 Å². The summed E-state index contributed by atoms with van der Waals surface area (Å²) in [5.41, 5.74) is 0. The Bertz CT molecular complexity index is 316. The fourth-order valence-electron chi connectivity index (χ4n) is 0.525. The summed E-state index contributed by atoms with van der Waals surface area (Å²) in [5, 5.41) is 0. The Balaban J connectivity index is 0.000000322. The van der Waals surface area contributed by atoms with Crippen molar-refractivity contribution in [2.75, 3.05) is 13.2 Å². The van der Waals surface area contributed by atoms with E-state index >= 15 is 0 Å². The monoisotopic (exact) mass is 234 g/mol. The molecule has 0 spiro atoms. The zero-order chi connectivity index (χ0) is 11.6. The van der Waals surface area contributed by atoms with Crippen molar-refractivity contribution in [2.45, 2.75) is 6.92 Å². The van der Waals surface area contributed by atoms with Crippen LogP contribution in [0.15, 0.2) is 31.4 Å². The number of nitrogens with one attached hydrogen (secondary N) is 1. The Morgan fingerprint density at radius 3 is 2.60 bits per heavy atom. The normalized spacial score (nSPS) is 10.2. The summed E-state index contributed by atoms with van der Waals surface area (Å²) in [7, 11) is -3.77. The van der Waals surface area contributed by atoms with E-state index in [0.717, 1.165) is 0 Å². The molecule has 7 heteroatoms. The molecule has 0 amide bonds. The molecule has 0 aromatic carbocycles. The molecule has 15 heavy (non-hydrogen) atoms. The zero-order valence-corrected chi connectivity index (χ0v) is 9.24. The lowest BCUT2D eigenvalue weighted by molar-refractivity contribution is 0.239. The van der Waals surface area contributed by atoms with Crippen LogP contribution >= 0.6 is 0 Å². The number of hydrogen-bond donors (Lipinski definition) is 1. The number of aromatic nitrogens is 2. The van der Waals surface area contributed by atoms with Crippen LogP contribution in [0.1, 0.15) is 6.92 Å². The number of imidazole rings is 1. The summed E-state index contributed by atoms with van der Waals surface area (Å²) in [5.74, 6) is 0. The number of H-pyrrole nitrogens is 1. The maximum atomic E-state index is 10.5. The highest BCUT2D eigenvalue weighted by molar-refractivity contribution is 7.81. The van der Waals surface area contributed by atoms with Crippen LogP contribution in [0, 0.1) is 0 Å². The van der Waals surface area contributed by atoms with Gasteiger partial charge in [-0.25, -0.2) is 13.4 Å². The number of aromatic amines is 1. The van der Waals surface area contributed by atoms with Crippen LogP contribution in [0.5, 0.6) is 0 Å². The van der Waals surface area contributed by atoms with Gasteiger partial charge in [-0.2, -0.15) is 8.42 Å². The average Bonchev–Trinajstić information content (AvgIpc) is 2.72. The summed E-state index contributed by atoms with van der Waals surface area (Å²) in [6, 6.07) is 0. The summed E-state index contributed by atoms with van der Waals surface area (Å²) in [6.07, 6.45) is 6.41. The molecule has 1 N–H and O–H groups in total. The first kappa shape index (κ1) is 13.8. The highest BCUT2D eigenvalue weighted by Gasteiger charge is 2.07. The van der Waals surface area contributed by atoms with Gasteiger partial charge in [0.25, 0.3) is 0 Å². The van der Waals surface area contributed by atoms with Gasteiger partial charge in [-0.3, -0.25) is 0 Å². The van der Waals surface area contributed by atoms with Gasteiger partial charge in [-0.1, -0.05) is 6.08 Å². The van der Waals surface area contributed by atoms with Gasteiger partial charge in [-0.05, 0) is 6.92 Å². The van der Waals surface area contributed by atoms with Crippen molar-refractivity contribution in [3.63, 3.8) is 0 Å². The van der Waals surface area contributed by atoms with E-state index < -0.39 is 10.4 Å². The second-order valence-electron chi connectivity index (χ2n) is 2.15. The highest BCUT2D eigenvalue weighted by atomic mass is 32.3. The number of rotatable bonds is 5. The lowest BCUT2D eigenvalue weighted by Crippen LogP contribution is -2.09. The van der Waals surface area contributed by atoms with E-state index in [4.69, 9.17) is 0 Å². The molecule has 0 unspecified atom stereocenters. The predicted molar refractivity (Wildman–Crippen MR) is 55.3 cm³/mol. The Morgan fingerprint density at radius 1 is 1.53 bits per heavy atom. The second-order valence-corrected chi connectivity index (χ2v) is 3.44. The van der Waals surface area contributed by atoms with E-state index in [9.17, 15) is 8.42 Å². The molecule has 1 rings (SSSR count). The van der Waals surface area contributed by atoms with Gasteiger partial charge in [0, 0.05) is 12.4 Å². The van der Waals surface area contributed by atoms with Crippen LogP contribution in [0.2, 0.25) is 0 Å². The molecule has 0 aliphatic rings. The van der Waals surface area contributed by atoms with Gasteiger partial charge in [0.1, 0.15) is 0 Å². The van der Waals surface area contributed by atoms with Crippen molar-refractivity contribution in [2.24, 2.45) is 0 Å².